The van der Waals surface area contributed by atoms with E-state index in [4.69, 9.17) is 0 Å². The molecule has 25 heavy (non-hydrogen) atoms. The van der Waals surface area contributed by atoms with Gasteiger partial charge in [0.2, 0.25) is 0 Å². The molecule has 3 aromatic rings. The Morgan fingerprint density at radius 3 is 2.84 bits per heavy atom. The van der Waals surface area contributed by atoms with E-state index in [1.54, 1.807) is 6.07 Å². The largest absolute Gasteiger partial charge is 0.361 e. The summed E-state index contributed by atoms with van der Waals surface area (Å²) in [6.07, 6.45) is 9.42. The van der Waals surface area contributed by atoms with Crippen LogP contribution in [0.25, 0.3) is 22.6 Å². The Bertz CT molecular complexity index is 936. The van der Waals surface area contributed by atoms with Crippen LogP contribution in [0, 0.1) is 5.82 Å². The number of aromatic nitrogens is 1. The minimum absolute atomic E-state index is 0.123. The van der Waals surface area contributed by atoms with E-state index in [2.05, 4.69) is 52.4 Å². The fourth-order valence-electron chi connectivity index (χ4n) is 3.43. The maximum Gasteiger partial charge on any atom is 0.130 e. The van der Waals surface area contributed by atoms with Crippen molar-refractivity contribution in [1.29, 1.82) is 0 Å². The predicted octanol–water partition coefficient (Wildman–Crippen LogP) is 5.11. The van der Waals surface area contributed by atoms with Crippen molar-refractivity contribution in [3.05, 3.63) is 83.8 Å². The van der Waals surface area contributed by atoms with Crippen LogP contribution in [0.3, 0.4) is 0 Å². The minimum atomic E-state index is -0.123. The Labute approximate surface area is 147 Å². The van der Waals surface area contributed by atoms with Crippen molar-refractivity contribution >= 4 is 22.6 Å². The number of hydrogen-bond acceptors (Lipinski definition) is 1. The molecule has 0 bridgehead atoms. The highest BCUT2D eigenvalue weighted by Gasteiger charge is 2.14. The first-order chi connectivity index (χ1) is 12.3. The maximum atomic E-state index is 13.9. The molecule has 0 aliphatic carbocycles. The van der Waals surface area contributed by atoms with E-state index in [0.29, 0.717) is 0 Å². The third-order valence-electron chi connectivity index (χ3n) is 4.80. The van der Waals surface area contributed by atoms with Gasteiger partial charge in [0.1, 0.15) is 5.82 Å². The molecular weight excluding hydrogens is 311 g/mol. The lowest BCUT2D eigenvalue weighted by molar-refractivity contribution is 0.335. The lowest BCUT2D eigenvalue weighted by Crippen LogP contribution is -2.28. The van der Waals surface area contributed by atoms with Gasteiger partial charge in [0, 0.05) is 42.3 Å². The van der Waals surface area contributed by atoms with Crippen LogP contribution in [-0.4, -0.2) is 29.5 Å². The van der Waals surface area contributed by atoms with Crippen molar-refractivity contribution in [2.45, 2.75) is 6.42 Å². The van der Waals surface area contributed by atoms with E-state index in [0.717, 1.165) is 42.7 Å². The van der Waals surface area contributed by atoms with Gasteiger partial charge in [0.15, 0.2) is 0 Å². The zero-order chi connectivity index (χ0) is 17.1. The summed E-state index contributed by atoms with van der Waals surface area (Å²) < 4.78 is 13.9. The topological polar surface area (TPSA) is 19.0 Å². The smallest absolute Gasteiger partial charge is 0.130 e. The summed E-state index contributed by atoms with van der Waals surface area (Å²) in [7, 11) is 0. The zero-order valence-corrected chi connectivity index (χ0v) is 14.1. The van der Waals surface area contributed by atoms with Crippen LogP contribution in [0.1, 0.15) is 17.5 Å². The average Bonchev–Trinajstić information content (AvgIpc) is 3.13. The molecule has 4 rings (SSSR count). The number of fused-ring (bicyclic) bond motifs is 1. The first kappa shape index (κ1) is 15.9. The van der Waals surface area contributed by atoms with Gasteiger partial charge in [-0.1, -0.05) is 48.6 Å². The van der Waals surface area contributed by atoms with Gasteiger partial charge in [-0.3, -0.25) is 4.90 Å². The minimum Gasteiger partial charge on any atom is -0.361 e. The Morgan fingerprint density at radius 2 is 2.00 bits per heavy atom. The second-order valence-corrected chi connectivity index (χ2v) is 6.41. The fourth-order valence-corrected chi connectivity index (χ4v) is 3.43. The Hall–Kier alpha value is -2.65. The van der Waals surface area contributed by atoms with E-state index < -0.39 is 0 Å². The Kier molecular flexibility index (Phi) is 4.49. The van der Waals surface area contributed by atoms with Crippen LogP contribution in [0.5, 0.6) is 0 Å². The average molecular weight is 332 g/mol. The summed E-state index contributed by atoms with van der Waals surface area (Å²) in [5, 5.41) is 1.25. The molecule has 3 heteroatoms. The van der Waals surface area contributed by atoms with E-state index in [9.17, 15) is 4.39 Å². The highest BCUT2D eigenvalue weighted by Crippen LogP contribution is 2.24. The van der Waals surface area contributed by atoms with E-state index in [1.807, 2.05) is 18.3 Å². The molecule has 126 valence electrons. The van der Waals surface area contributed by atoms with Crippen LogP contribution >= 0.6 is 0 Å². The summed E-state index contributed by atoms with van der Waals surface area (Å²) in [5.74, 6) is -0.123. The van der Waals surface area contributed by atoms with Crippen LogP contribution in [0.4, 0.5) is 4.39 Å². The van der Waals surface area contributed by atoms with Crippen molar-refractivity contribution in [2.24, 2.45) is 0 Å². The van der Waals surface area contributed by atoms with Gasteiger partial charge in [-0.25, -0.2) is 4.39 Å². The molecule has 2 heterocycles. The monoisotopic (exact) mass is 332 g/mol. The number of aromatic amines is 1. The summed E-state index contributed by atoms with van der Waals surface area (Å²) in [6.45, 7) is 2.73. The molecule has 0 fully saturated rings. The van der Waals surface area contributed by atoms with E-state index >= 15 is 0 Å². The highest BCUT2D eigenvalue weighted by atomic mass is 19.1. The molecule has 0 spiro atoms. The van der Waals surface area contributed by atoms with Crippen LogP contribution in [0.15, 0.2) is 66.9 Å². The molecule has 2 nitrogen and oxygen atoms in total. The van der Waals surface area contributed by atoms with Gasteiger partial charge in [-0.2, -0.15) is 0 Å². The van der Waals surface area contributed by atoms with Crippen LogP contribution in [0.2, 0.25) is 0 Å². The van der Waals surface area contributed by atoms with Crippen molar-refractivity contribution in [3.8, 4) is 0 Å². The van der Waals surface area contributed by atoms with Gasteiger partial charge in [-0.05, 0) is 35.8 Å². The Morgan fingerprint density at radius 1 is 1.08 bits per heavy atom. The SMILES string of the molecule is Fc1ccccc1C1=CCN(CC=Cc2cccc3[nH]ccc23)CC1. The number of halogens is 1. The predicted molar refractivity (Wildman–Crippen MR) is 103 cm³/mol. The molecule has 0 radical (unpaired) electrons. The van der Waals surface area contributed by atoms with Gasteiger partial charge >= 0.3 is 0 Å². The van der Waals surface area contributed by atoms with Crippen LogP contribution in [-0.2, 0) is 0 Å². The molecule has 0 atom stereocenters. The Balaban J connectivity index is 1.40. The van der Waals surface area contributed by atoms with Crippen molar-refractivity contribution in [2.75, 3.05) is 19.6 Å². The van der Waals surface area contributed by atoms with Gasteiger partial charge in [-0.15, -0.1) is 0 Å². The van der Waals surface area contributed by atoms with Crippen molar-refractivity contribution in [1.82, 2.24) is 9.88 Å². The fraction of sp³-hybridized carbons (Fsp3) is 0.182. The number of H-pyrrole nitrogens is 1. The van der Waals surface area contributed by atoms with E-state index in [-0.39, 0.29) is 5.82 Å². The van der Waals surface area contributed by atoms with Crippen molar-refractivity contribution < 1.29 is 4.39 Å². The number of nitrogens with one attached hydrogen (secondary N) is 1. The lowest BCUT2D eigenvalue weighted by atomic mass is 9.99. The second-order valence-electron chi connectivity index (χ2n) is 6.41. The standard InChI is InChI=1S/C22H21FN2/c23-21-8-2-1-7-19(21)18-11-15-25(16-12-18)14-4-6-17-5-3-9-22-20(17)10-13-24-22/h1-11,13,24H,12,14-16H2. The number of hydrogen-bond donors (Lipinski definition) is 1. The number of benzene rings is 2. The normalized spacial score (nSPS) is 15.8. The van der Waals surface area contributed by atoms with Crippen molar-refractivity contribution in [3.63, 3.8) is 0 Å². The molecule has 1 N–H and O–H groups in total. The first-order valence-electron chi connectivity index (χ1n) is 8.70. The van der Waals surface area contributed by atoms with E-state index in [1.165, 1.54) is 17.0 Å². The van der Waals surface area contributed by atoms with Crippen LogP contribution < -0.4 is 0 Å². The zero-order valence-electron chi connectivity index (χ0n) is 14.1. The molecule has 0 unspecified atom stereocenters. The highest BCUT2D eigenvalue weighted by molar-refractivity contribution is 5.88. The third-order valence-corrected chi connectivity index (χ3v) is 4.80. The summed E-state index contributed by atoms with van der Waals surface area (Å²) in [6, 6.07) is 15.5. The molecule has 0 saturated carbocycles. The maximum absolute atomic E-state index is 13.9. The molecular formula is C22H21FN2. The molecule has 0 saturated heterocycles. The van der Waals surface area contributed by atoms with Gasteiger partial charge in [0.25, 0.3) is 0 Å². The number of rotatable bonds is 4. The molecule has 0 amide bonds. The number of nitrogens with zero attached hydrogens (tertiary/aromatic N) is 1. The third kappa shape index (κ3) is 3.42. The first-order valence-corrected chi connectivity index (χ1v) is 8.70. The summed E-state index contributed by atoms with van der Waals surface area (Å²) >= 11 is 0. The molecule has 1 aromatic heterocycles. The van der Waals surface area contributed by atoms with Gasteiger partial charge in [0.05, 0.1) is 0 Å². The van der Waals surface area contributed by atoms with Gasteiger partial charge < -0.3 is 4.98 Å². The lowest BCUT2D eigenvalue weighted by Gasteiger charge is -2.25. The summed E-state index contributed by atoms with van der Waals surface area (Å²) in [5.41, 5.74) is 4.27. The molecule has 2 aromatic carbocycles. The quantitative estimate of drug-likeness (QED) is 0.703. The molecule has 1 aliphatic rings. The molecule has 1 aliphatic heterocycles. The summed E-state index contributed by atoms with van der Waals surface area (Å²) in [4.78, 5) is 5.62. The second kappa shape index (κ2) is 7.08.